The lowest BCUT2D eigenvalue weighted by molar-refractivity contribution is 0.103. The summed E-state index contributed by atoms with van der Waals surface area (Å²) in [5.41, 5.74) is 1.07. The number of hydrogen-bond donors (Lipinski definition) is 0. The Morgan fingerprint density at radius 3 is 2.44 bits per heavy atom. The summed E-state index contributed by atoms with van der Waals surface area (Å²) >= 11 is 0. The Morgan fingerprint density at radius 1 is 1.28 bits per heavy atom. The second kappa shape index (κ2) is 5.04. The minimum Gasteiger partial charge on any atom is -0.491 e. The molecule has 0 N–H and O–H groups in total. The molecule has 0 saturated heterocycles. The Morgan fingerprint density at radius 2 is 1.94 bits per heavy atom. The summed E-state index contributed by atoms with van der Waals surface area (Å²) in [5, 5.41) is 0. The topological polar surface area (TPSA) is 44.1 Å². The standard InChI is InChI=1S/C14H16N2O2/c1-10(2)18-12-6-4-11(5-7-12)14(17)13-8-16(3)9-15-13/h4-10H,1-3H3. The van der Waals surface area contributed by atoms with Crippen LogP contribution in [0.15, 0.2) is 36.8 Å². The minimum absolute atomic E-state index is 0.0771. The predicted molar refractivity (Wildman–Crippen MR) is 68.8 cm³/mol. The summed E-state index contributed by atoms with van der Waals surface area (Å²) in [6, 6.07) is 7.12. The van der Waals surface area contributed by atoms with E-state index in [1.165, 1.54) is 0 Å². The molecular weight excluding hydrogens is 228 g/mol. The van der Waals surface area contributed by atoms with Crippen molar-refractivity contribution >= 4 is 5.78 Å². The Balaban J connectivity index is 2.17. The molecule has 0 bridgehead atoms. The number of ether oxygens (including phenoxy) is 1. The molecule has 0 saturated carbocycles. The van der Waals surface area contributed by atoms with E-state index in [-0.39, 0.29) is 11.9 Å². The largest absolute Gasteiger partial charge is 0.491 e. The van der Waals surface area contributed by atoms with Crippen LogP contribution in [-0.2, 0) is 7.05 Å². The number of rotatable bonds is 4. The van der Waals surface area contributed by atoms with Gasteiger partial charge in [-0.2, -0.15) is 0 Å². The van der Waals surface area contributed by atoms with Crippen LogP contribution in [-0.4, -0.2) is 21.4 Å². The zero-order valence-corrected chi connectivity index (χ0v) is 10.8. The molecule has 0 aliphatic heterocycles. The van der Waals surface area contributed by atoms with E-state index in [9.17, 15) is 4.79 Å². The van der Waals surface area contributed by atoms with Crippen molar-refractivity contribution in [1.29, 1.82) is 0 Å². The van der Waals surface area contributed by atoms with Gasteiger partial charge in [0.15, 0.2) is 0 Å². The lowest BCUT2D eigenvalue weighted by Crippen LogP contribution is -2.06. The Labute approximate surface area is 106 Å². The van der Waals surface area contributed by atoms with E-state index in [1.54, 1.807) is 41.4 Å². The molecule has 0 atom stereocenters. The van der Waals surface area contributed by atoms with Crippen molar-refractivity contribution in [2.45, 2.75) is 20.0 Å². The summed E-state index contributed by atoms with van der Waals surface area (Å²) < 4.78 is 7.28. The van der Waals surface area contributed by atoms with Crippen LogP contribution in [0.4, 0.5) is 0 Å². The molecule has 0 spiro atoms. The Bertz CT molecular complexity index is 541. The molecule has 0 aliphatic rings. The maximum atomic E-state index is 12.1. The number of ketones is 1. The molecule has 1 aromatic carbocycles. The number of imidazole rings is 1. The van der Waals surface area contributed by atoms with Crippen LogP contribution in [0.2, 0.25) is 0 Å². The number of aryl methyl sites for hydroxylation is 1. The maximum absolute atomic E-state index is 12.1. The highest BCUT2D eigenvalue weighted by Crippen LogP contribution is 2.15. The van der Waals surface area contributed by atoms with Gasteiger partial charge < -0.3 is 9.30 Å². The monoisotopic (exact) mass is 244 g/mol. The number of carbonyl (C=O) groups excluding carboxylic acids is 1. The zero-order chi connectivity index (χ0) is 13.1. The van der Waals surface area contributed by atoms with Crippen molar-refractivity contribution in [3.05, 3.63) is 48.0 Å². The van der Waals surface area contributed by atoms with Gasteiger partial charge >= 0.3 is 0 Å². The van der Waals surface area contributed by atoms with E-state index in [2.05, 4.69) is 4.98 Å². The third-order valence-corrected chi connectivity index (χ3v) is 2.43. The summed E-state index contributed by atoms with van der Waals surface area (Å²) in [4.78, 5) is 16.1. The normalized spacial score (nSPS) is 10.7. The fourth-order valence-electron chi connectivity index (χ4n) is 1.64. The number of carbonyl (C=O) groups is 1. The van der Waals surface area contributed by atoms with Crippen molar-refractivity contribution < 1.29 is 9.53 Å². The first-order chi connectivity index (χ1) is 8.56. The highest BCUT2D eigenvalue weighted by Gasteiger charge is 2.11. The average Bonchev–Trinajstić information content (AvgIpc) is 2.75. The fourth-order valence-corrected chi connectivity index (χ4v) is 1.64. The first kappa shape index (κ1) is 12.4. The predicted octanol–water partition coefficient (Wildman–Crippen LogP) is 2.44. The van der Waals surface area contributed by atoms with Crippen molar-refractivity contribution in [2.75, 3.05) is 0 Å². The van der Waals surface area contributed by atoms with E-state index in [0.717, 1.165) is 5.75 Å². The number of benzene rings is 1. The van der Waals surface area contributed by atoms with Gasteiger partial charge in [-0.3, -0.25) is 4.79 Å². The van der Waals surface area contributed by atoms with Gasteiger partial charge in [-0.15, -0.1) is 0 Å². The summed E-state index contributed by atoms with van der Waals surface area (Å²) in [6.45, 7) is 3.93. The molecule has 0 fully saturated rings. The molecule has 2 rings (SSSR count). The molecule has 94 valence electrons. The third-order valence-electron chi connectivity index (χ3n) is 2.43. The minimum atomic E-state index is -0.0771. The quantitative estimate of drug-likeness (QED) is 0.776. The van der Waals surface area contributed by atoms with Crippen LogP contribution in [0, 0.1) is 0 Å². The van der Waals surface area contributed by atoms with E-state index in [1.807, 2.05) is 20.9 Å². The van der Waals surface area contributed by atoms with Gasteiger partial charge in [-0.25, -0.2) is 4.98 Å². The Hall–Kier alpha value is -2.10. The second-order valence-electron chi connectivity index (χ2n) is 4.44. The number of nitrogens with zero attached hydrogens (tertiary/aromatic N) is 2. The Kier molecular flexibility index (Phi) is 3.46. The number of aromatic nitrogens is 2. The third kappa shape index (κ3) is 2.77. The van der Waals surface area contributed by atoms with Gasteiger partial charge in [0.25, 0.3) is 0 Å². The van der Waals surface area contributed by atoms with Gasteiger partial charge in [-0.1, -0.05) is 0 Å². The molecular formula is C14H16N2O2. The van der Waals surface area contributed by atoms with Crippen LogP contribution >= 0.6 is 0 Å². The second-order valence-corrected chi connectivity index (χ2v) is 4.44. The zero-order valence-electron chi connectivity index (χ0n) is 10.8. The van der Waals surface area contributed by atoms with Crippen molar-refractivity contribution in [1.82, 2.24) is 9.55 Å². The van der Waals surface area contributed by atoms with Crippen molar-refractivity contribution in [3.8, 4) is 5.75 Å². The van der Waals surface area contributed by atoms with E-state index >= 15 is 0 Å². The lowest BCUT2D eigenvalue weighted by atomic mass is 10.1. The van der Waals surface area contributed by atoms with Crippen LogP contribution in [0.25, 0.3) is 0 Å². The van der Waals surface area contributed by atoms with E-state index in [4.69, 9.17) is 4.74 Å². The molecule has 4 heteroatoms. The summed E-state index contributed by atoms with van der Waals surface area (Å²) in [6.07, 6.45) is 3.45. The van der Waals surface area contributed by atoms with Crippen LogP contribution < -0.4 is 4.74 Å². The molecule has 0 aliphatic carbocycles. The molecule has 0 amide bonds. The SMILES string of the molecule is CC(C)Oc1ccc(C(=O)c2cn(C)cn2)cc1. The molecule has 1 aromatic heterocycles. The first-order valence-electron chi connectivity index (χ1n) is 5.85. The van der Waals surface area contributed by atoms with Crippen LogP contribution in [0.1, 0.15) is 29.9 Å². The smallest absolute Gasteiger partial charge is 0.212 e. The van der Waals surface area contributed by atoms with Gasteiger partial charge in [0, 0.05) is 18.8 Å². The van der Waals surface area contributed by atoms with Gasteiger partial charge in [0.1, 0.15) is 11.4 Å². The van der Waals surface area contributed by atoms with E-state index in [0.29, 0.717) is 11.3 Å². The van der Waals surface area contributed by atoms with Gasteiger partial charge in [0.05, 0.1) is 12.4 Å². The van der Waals surface area contributed by atoms with Crippen molar-refractivity contribution in [2.24, 2.45) is 7.05 Å². The molecule has 2 aromatic rings. The van der Waals surface area contributed by atoms with Crippen molar-refractivity contribution in [3.63, 3.8) is 0 Å². The maximum Gasteiger partial charge on any atom is 0.212 e. The van der Waals surface area contributed by atoms with Crippen LogP contribution in [0.5, 0.6) is 5.75 Å². The van der Waals surface area contributed by atoms with E-state index < -0.39 is 0 Å². The molecule has 18 heavy (non-hydrogen) atoms. The fraction of sp³-hybridized carbons (Fsp3) is 0.286. The molecule has 0 radical (unpaired) electrons. The summed E-state index contributed by atoms with van der Waals surface area (Å²) in [7, 11) is 1.84. The van der Waals surface area contributed by atoms with Crippen LogP contribution in [0.3, 0.4) is 0 Å². The number of hydrogen-bond acceptors (Lipinski definition) is 3. The molecule has 1 heterocycles. The highest BCUT2D eigenvalue weighted by molar-refractivity contribution is 6.07. The van der Waals surface area contributed by atoms with Gasteiger partial charge in [0.2, 0.25) is 5.78 Å². The first-order valence-corrected chi connectivity index (χ1v) is 5.85. The summed E-state index contributed by atoms with van der Waals surface area (Å²) in [5.74, 6) is 0.689. The highest BCUT2D eigenvalue weighted by atomic mass is 16.5. The average molecular weight is 244 g/mol. The molecule has 4 nitrogen and oxygen atoms in total. The lowest BCUT2D eigenvalue weighted by Gasteiger charge is -2.09. The van der Waals surface area contributed by atoms with Gasteiger partial charge in [-0.05, 0) is 38.1 Å². The molecule has 0 unspecified atom stereocenters.